The van der Waals surface area contributed by atoms with Crippen LogP contribution in [0.2, 0.25) is 10.0 Å². The van der Waals surface area contributed by atoms with Crippen molar-refractivity contribution in [2.75, 3.05) is 5.32 Å². The van der Waals surface area contributed by atoms with Gasteiger partial charge in [-0.05, 0) is 25.1 Å². The highest BCUT2D eigenvalue weighted by atomic mass is 35.5. The number of ketones is 1. The Hall–Kier alpha value is -2.91. The highest BCUT2D eigenvalue weighted by molar-refractivity contribution is 6.39. The van der Waals surface area contributed by atoms with E-state index < -0.39 is 29.1 Å². The van der Waals surface area contributed by atoms with Gasteiger partial charge in [0.05, 0.1) is 20.9 Å². The maximum absolute atomic E-state index is 12.8. The number of hydrogen-bond donors (Lipinski definition) is 3. The predicted octanol–water partition coefficient (Wildman–Crippen LogP) is 5.39. The van der Waals surface area contributed by atoms with Crippen LogP contribution in [0.3, 0.4) is 0 Å². The molecule has 0 saturated carbocycles. The van der Waals surface area contributed by atoms with Crippen LogP contribution in [0.15, 0.2) is 35.1 Å². The molecule has 29 heavy (non-hydrogen) atoms. The fourth-order valence-electron chi connectivity index (χ4n) is 2.72. The van der Waals surface area contributed by atoms with Crippen molar-refractivity contribution in [2.45, 2.75) is 13.3 Å². The van der Waals surface area contributed by atoms with Crippen molar-refractivity contribution < 1.29 is 27.8 Å². The van der Waals surface area contributed by atoms with Crippen molar-refractivity contribution in [1.82, 2.24) is 4.98 Å². The van der Waals surface area contributed by atoms with Gasteiger partial charge in [-0.25, -0.2) is 0 Å². The van der Waals surface area contributed by atoms with Gasteiger partial charge in [0.25, 0.3) is 0 Å². The van der Waals surface area contributed by atoms with E-state index in [0.717, 1.165) is 19.1 Å². The molecule has 0 fully saturated rings. The second kappa shape index (κ2) is 7.49. The summed E-state index contributed by atoms with van der Waals surface area (Å²) in [6.45, 7) is 1.12. The van der Waals surface area contributed by atoms with Crippen LogP contribution in [0.4, 0.5) is 24.7 Å². The van der Waals surface area contributed by atoms with E-state index in [9.17, 15) is 27.9 Å². The SMILES string of the molecule is CC(=O)c1c(Nc2cccc(OC(F)(F)F)c2)[nH]c2c(Cl)cc(Cl)c(O)c2c1=O. The van der Waals surface area contributed by atoms with E-state index in [2.05, 4.69) is 15.0 Å². The molecule has 3 N–H and O–H groups in total. The van der Waals surface area contributed by atoms with E-state index in [1.54, 1.807) is 0 Å². The topological polar surface area (TPSA) is 91.4 Å². The molecule has 0 spiro atoms. The molecule has 0 aliphatic rings. The fourth-order valence-corrected chi connectivity index (χ4v) is 3.23. The summed E-state index contributed by atoms with van der Waals surface area (Å²) < 4.78 is 41.1. The minimum Gasteiger partial charge on any atom is -0.506 e. The number of phenols is 1. The van der Waals surface area contributed by atoms with Crippen molar-refractivity contribution in [3.63, 3.8) is 0 Å². The number of benzene rings is 2. The van der Waals surface area contributed by atoms with Crippen LogP contribution < -0.4 is 15.5 Å². The van der Waals surface area contributed by atoms with Crippen LogP contribution in [0.5, 0.6) is 11.5 Å². The molecular formula is C18H11Cl2F3N2O4. The summed E-state index contributed by atoms with van der Waals surface area (Å²) in [5.41, 5.74) is -1.13. The number of halogens is 5. The third-order valence-electron chi connectivity index (χ3n) is 3.85. The maximum atomic E-state index is 12.8. The van der Waals surface area contributed by atoms with Crippen molar-refractivity contribution in [3.05, 3.63) is 56.2 Å². The molecule has 0 aliphatic carbocycles. The lowest BCUT2D eigenvalue weighted by atomic mass is 10.1. The minimum atomic E-state index is -4.88. The Morgan fingerprint density at radius 2 is 1.90 bits per heavy atom. The zero-order valence-electron chi connectivity index (χ0n) is 14.4. The molecule has 0 radical (unpaired) electrons. The number of fused-ring (bicyclic) bond motifs is 1. The van der Waals surface area contributed by atoms with Crippen molar-refractivity contribution in [1.29, 1.82) is 0 Å². The summed E-state index contributed by atoms with van der Waals surface area (Å²) >= 11 is 11.9. The third-order valence-corrected chi connectivity index (χ3v) is 4.43. The zero-order chi connectivity index (χ0) is 21.5. The van der Waals surface area contributed by atoms with Crippen LogP contribution in [-0.4, -0.2) is 22.2 Å². The first-order chi connectivity index (χ1) is 13.5. The monoisotopic (exact) mass is 446 g/mol. The molecule has 3 rings (SSSR count). The molecule has 11 heteroatoms. The smallest absolute Gasteiger partial charge is 0.506 e. The maximum Gasteiger partial charge on any atom is 0.573 e. The standard InChI is InChI=1S/C18H11Cl2F3N2O4/c1-7(26)12-16(28)13-14(10(19)6-11(20)15(13)27)25-17(12)24-8-3-2-4-9(5-8)29-18(21,22)23/h2-6,27H,1H3,(H2,24,25,28). The van der Waals surface area contributed by atoms with Gasteiger partial charge in [0.15, 0.2) is 5.78 Å². The van der Waals surface area contributed by atoms with Gasteiger partial charge >= 0.3 is 6.36 Å². The number of H-pyrrole nitrogens is 1. The van der Waals surface area contributed by atoms with Crippen LogP contribution in [0.1, 0.15) is 17.3 Å². The number of ether oxygens (including phenoxy) is 1. The predicted molar refractivity (Wildman–Crippen MR) is 103 cm³/mol. The lowest BCUT2D eigenvalue weighted by molar-refractivity contribution is -0.274. The number of anilines is 2. The lowest BCUT2D eigenvalue weighted by Crippen LogP contribution is -2.18. The van der Waals surface area contributed by atoms with E-state index in [4.69, 9.17) is 23.2 Å². The number of Topliss-reactive ketones (excluding diaryl/α,β-unsaturated/α-hetero) is 1. The van der Waals surface area contributed by atoms with E-state index in [-0.39, 0.29) is 38.0 Å². The quantitative estimate of drug-likeness (QED) is 0.467. The summed E-state index contributed by atoms with van der Waals surface area (Å²) in [7, 11) is 0. The molecule has 1 aromatic heterocycles. The summed E-state index contributed by atoms with van der Waals surface area (Å²) in [5.74, 6) is -1.84. The van der Waals surface area contributed by atoms with Gasteiger partial charge in [-0.2, -0.15) is 0 Å². The molecule has 1 heterocycles. The first-order valence-corrected chi connectivity index (χ1v) is 8.64. The van der Waals surface area contributed by atoms with Crippen molar-refractivity contribution in [3.8, 4) is 11.5 Å². The normalized spacial score (nSPS) is 11.5. The minimum absolute atomic E-state index is 0.00578. The largest absolute Gasteiger partial charge is 0.573 e. The Morgan fingerprint density at radius 3 is 2.52 bits per heavy atom. The molecule has 6 nitrogen and oxygen atoms in total. The molecule has 0 bridgehead atoms. The van der Waals surface area contributed by atoms with Crippen LogP contribution in [0.25, 0.3) is 10.9 Å². The fraction of sp³-hybridized carbons (Fsp3) is 0.111. The van der Waals surface area contributed by atoms with Gasteiger partial charge in [0.2, 0.25) is 5.43 Å². The average molecular weight is 447 g/mol. The Balaban J connectivity index is 2.18. The van der Waals surface area contributed by atoms with Crippen LogP contribution in [-0.2, 0) is 0 Å². The number of aromatic amines is 1. The summed E-state index contributed by atoms with van der Waals surface area (Å²) in [6.07, 6.45) is -4.88. The summed E-state index contributed by atoms with van der Waals surface area (Å²) in [6, 6.07) is 6.00. The van der Waals surface area contributed by atoms with E-state index in [0.29, 0.717) is 0 Å². The Bertz CT molecular complexity index is 1190. The van der Waals surface area contributed by atoms with Gasteiger partial charge in [-0.3, -0.25) is 9.59 Å². The van der Waals surface area contributed by atoms with E-state index >= 15 is 0 Å². The van der Waals surface area contributed by atoms with E-state index in [1.807, 2.05) is 0 Å². The van der Waals surface area contributed by atoms with Gasteiger partial charge < -0.3 is 20.1 Å². The second-order valence-electron chi connectivity index (χ2n) is 5.90. The number of pyridine rings is 1. The molecule has 2 aromatic carbocycles. The van der Waals surface area contributed by atoms with Crippen LogP contribution in [0, 0.1) is 0 Å². The number of alkyl halides is 3. The number of nitrogens with one attached hydrogen (secondary N) is 2. The molecule has 0 saturated heterocycles. The molecule has 0 amide bonds. The summed E-state index contributed by atoms with van der Waals surface area (Å²) in [4.78, 5) is 27.6. The molecule has 3 aromatic rings. The van der Waals surface area contributed by atoms with Gasteiger partial charge in [-0.15, -0.1) is 13.2 Å². The third kappa shape index (κ3) is 4.25. The Kier molecular flexibility index (Phi) is 5.38. The van der Waals surface area contributed by atoms with Gasteiger partial charge in [0, 0.05) is 11.8 Å². The second-order valence-corrected chi connectivity index (χ2v) is 6.71. The highest BCUT2D eigenvalue weighted by Gasteiger charge is 2.31. The first-order valence-electron chi connectivity index (χ1n) is 7.88. The number of phenolic OH excluding ortho intramolecular Hbond substituents is 1. The molecule has 152 valence electrons. The van der Waals surface area contributed by atoms with Crippen molar-refractivity contribution in [2.24, 2.45) is 0 Å². The number of hydrogen-bond acceptors (Lipinski definition) is 5. The summed E-state index contributed by atoms with van der Waals surface area (Å²) in [5, 5.41) is 12.3. The highest BCUT2D eigenvalue weighted by Crippen LogP contribution is 2.36. The molecule has 0 unspecified atom stereocenters. The number of carbonyl (C=O) groups is 1. The lowest BCUT2D eigenvalue weighted by Gasteiger charge is -2.15. The van der Waals surface area contributed by atoms with Crippen LogP contribution >= 0.6 is 23.2 Å². The van der Waals surface area contributed by atoms with Gasteiger partial charge in [0.1, 0.15) is 22.9 Å². The molecule has 0 aliphatic heterocycles. The number of rotatable bonds is 4. The Morgan fingerprint density at radius 1 is 1.21 bits per heavy atom. The molecule has 0 atom stereocenters. The number of aromatic nitrogens is 1. The van der Waals surface area contributed by atoms with E-state index in [1.165, 1.54) is 18.2 Å². The number of carbonyl (C=O) groups excluding carboxylic acids is 1. The Labute approximate surface area is 170 Å². The molecular weight excluding hydrogens is 436 g/mol. The van der Waals surface area contributed by atoms with Gasteiger partial charge in [-0.1, -0.05) is 29.3 Å². The zero-order valence-corrected chi connectivity index (χ0v) is 16.0. The number of aromatic hydroxyl groups is 1. The van der Waals surface area contributed by atoms with Crippen molar-refractivity contribution >= 4 is 51.4 Å². The average Bonchev–Trinajstić information content (AvgIpc) is 2.58. The first kappa shape index (κ1) is 20.8.